The lowest BCUT2D eigenvalue weighted by molar-refractivity contribution is 0.0989. The molecule has 0 aliphatic heterocycles. The van der Waals surface area contributed by atoms with Gasteiger partial charge in [-0.15, -0.1) is 0 Å². The third-order valence-electron chi connectivity index (χ3n) is 2.39. The summed E-state index contributed by atoms with van der Waals surface area (Å²) in [5.41, 5.74) is 8.70. The van der Waals surface area contributed by atoms with E-state index in [9.17, 15) is 4.79 Å². The Morgan fingerprint density at radius 1 is 1.50 bits per heavy atom. The first-order valence-corrected chi connectivity index (χ1v) is 4.08. The molecular weight excluding hydrogens is 150 g/mol. The Morgan fingerprint density at radius 3 is 2.92 bits per heavy atom. The van der Waals surface area contributed by atoms with Gasteiger partial charge in [-0.3, -0.25) is 4.79 Å². The van der Waals surface area contributed by atoms with Crippen molar-refractivity contribution in [2.75, 3.05) is 0 Å². The number of carbonyl (C=O) groups excluding carboxylic acids is 1. The van der Waals surface area contributed by atoms with Crippen LogP contribution in [0.4, 0.5) is 0 Å². The fourth-order valence-electron chi connectivity index (χ4n) is 1.79. The lowest BCUT2D eigenvalue weighted by Crippen LogP contribution is -2.05. The molecule has 1 aromatic carbocycles. The van der Waals surface area contributed by atoms with Crippen LogP contribution >= 0.6 is 0 Å². The van der Waals surface area contributed by atoms with Gasteiger partial charge in [-0.25, -0.2) is 0 Å². The molecule has 2 nitrogen and oxygen atoms in total. The third-order valence-corrected chi connectivity index (χ3v) is 2.39. The van der Waals surface area contributed by atoms with Crippen molar-refractivity contribution in [3.05, 3.63) is 34.9 Å². The fraction of sp³-hybridized carbons (Fsp3) is 0.300. The molecule has 0 heterocycles. The molecule has 0 radical (unpaired) electrons. The smallest absolute Gasteiger partial charge is 0.165 e. The first-order chi connectivity index (χ1) is 5.70. The Balaban J connectivity index is 2.67. The van der Waals surface area contributed by atoms with Crippen LogP contribution in [0.5, 0.6) is 0 Å². The van der Waals surface area contributed by atoms with E-state index in [1.807, 2.05) is 25.1 Å². The summed E-state index contributed by atoms with van der Waals surface area (Å²) in [7, 11) is 0. The van der Waals surface area contributed by atoms with E-state index < -0.39 is 0 Å². The highest BCUT2D eigenvalue weighted by molar-refractivity contribution is 6.02. The normalized spacial score (nSPS) is 21.2. The van der Waals surface area contributed by atoms with E-state index in [-0.39, 0.29) is 11.8 Å². The number of fused-ring (bicyclic) bond motifs is 1. The molecule has 12 heavy (non-hydrogen) atoms. The van der Waals surface area contributed by atoms with Crippen LogP contribution < -0.4 is 5.73 Å². The largest absolute Gasteiger partial charge is 0.324 e. The number of rotatable bonds is 0. The highest BCUT2D eigenvalue weighted by Crippen LogP contribution is 2.30. The second kappa shape index (κ2) is 2.42. The molecule has 0 amide bonds. The molecule has 0 fully saturated rings. The summed E-state index contributed by atoms with van der Waals surface area (Å²) in [6, 6.07) is 5.77. The van der Waals surface area contributed by atoms with Crippen molar-refractivity contribution in [2.45, 2.75) is 19.4 Å². The van der Waals surface area contributed by atoms with Crippen molar-refractivity contribution in [1.29, 1.82) is 0 Å². The van der Waals surface area contributed by atoms with Crippen LogP contribution in [0.15, 0.2) is 18.2 Å². The topological polar surface area (TPSA) is 43.1 Å². The Bertz CT molecular complexity index is 344. The molecule has 0 saturated heterocycles. The van der Waals surface area contributed by atoms with E-state index in [2.05, 4.69) is 0 Å². The van der Waals surface area contributed by atoms with Crippen LogP contribution in [0.2, 0.25) is 0 Å². The SMILES string of the molecule is Cc1cccc2c1C(=O)C[C@@H]2N. The molecule has 62 valence electrons. The maximum Gasteiger partial charge on any atom is 0.165 e. The Labute approximate surface area is 71.4 Å². The van der Waals surface area contributed by atoms with Gasteiger partial charge in [0.2, 0.25) is 0 Å². The number of aryl methyl sites for hydroxylation is 1. The summed E-state index contributed by atoms with van der Waals surface area (Å²) in [6.45, 7) is 1.95. The van der Waals surface area contributed by atoms with Crippen LogP contribution in [-0.2, 0) is 0 Å². The maximum absolute atomic E-state index is 11.4. The first kappa shape index (κ1) is 7.50. The number of benzene rings is 1. The minimum Gasteiger partial charge on any atom is -0.324 e. The third kappa shape index (κ3) is 0.883. The van der Waals surface area contributed by atoms with Gasteiger partial charge in [0.25, 0.3) is 0 Å². The van der Waals surface area contributed by atoms with Crippen LogP contribution in [-0.4, -0.2) is 5.78 Å². The van der Waals surface area contributed by atoms with Gasteiger partial charge in [0.1, 0.15) is 0 Å². The number of hydrogen-bond donors (Lipinski definition) is 1. The average Bonchev–Trinajstić information content (AvgIpc) is 2.29. The highest BCUT2D eigenvalue weighted by Gasteiger charge is 2.27. The van der Waals surface area contributed by atoms with Crippen LogP contribution in [0.3, 0.4) is 0 Å². The zero-order valence-corrected chi connectivity index (χ0v) is 7.00. The summed E-state index contributed by atoms with van der Waals surface area (Å²) in [4.78, 5) is 11.4. The van der Waals surface area contributed by atoms with Crippen molar-refractivity contribution in [2.24, 2.45) is 5.73 Å². The van der Waals surface area contributed by atoms with Crippen molar-refractivity contribution in [1.82, 2.24) is 0 Å². The van der Waals surface area contributed by atoms with Gasteiger partial charge in [-0.1, -0.05) is 18.2 Å². The molecule has 0 bridgehead atoms. The van der Waals surface area contributed by atoms with Crippen LogP contribution in [0.25, 0.3) is 0 Å². The van der Waals surface area contributed by atoms with Gasteiger partial charge in [0.15, 0.2) is 5.78 Å². The standard InChI is InChI=1S/C10H11NO/c1-6-3-2-4-7-8(11)5-9(12)10(6)7/h2-4,8H,5,11H2,1H3/t8-/m0/s1. The molecule has 2 heteroatoms. The quantitative estimate of drug-likeness (QED) is 0.627. The van der Waals surface area contributed by atoms with Gasteiger partial charge in [0.05, 0.1) is 0 Å². The lowest BCUT2D eigenvalue weighted by atomic mass is 10.0. The van der Waals surface area contributed by atoms with E-state index >= 15 is 0 Å². The van der Waals surface area contributed by atoms with Crippen molar-refractivity contribution >= 4 is 5.78 Å². The molecule has 1 aromatic rings. The summed E-state index contributed by atoms with van der Waals surface area (Å²) in [5.74, 6) is 0.190. The van der Waals surface area contributed by atoms with Crippen LogP contribution in [0, 0.1) is 6.92 Å². The van der Waals surface area contributed by atoms with Gasteiger partial charge in [-0.2, -0.15) is 0 Å². The monoisotopic (exact) mass is 161 g/mol. The molecule has 0 saturated carbocycles. The lowest BCUT2D eigenvalue weighted by Gasteiger charge is -2.03. The molecule has 1 aliphatic rings. The highest BCUT2D eigenvalue weighted by atomic mass is 16.1. The minimum atomic E-state index is -0.0765. The number of Topliss-reactive ketones (excluding diaryl/α,β-unsaturated/α-hetero) is 1. The Hall–Kier alpha value is -1.15. The number of ketones is 1. The van der Waals surface area contributed by atoms with Gasteiger partial charge < -0.3 is 5.73 Å². The summed E-state index contributed by atoms with van der Waals surface area (Å²) >= 11 is 0. The molecular formula is C10H11NO. The van der Waals surface area contributed by atoms with E-state index in [0.717, 1.165) is 16.7 Å². The predicted molar refractivity (Wildman–Crippen MR) is 47.1 cm³/mol. The zero-order chi connectivity index (χ0) is 8.72. The first-order valence-electron chi connectivity index (χ1n) is 4.08. The minimum absolute atomic E-state index is 0.0765. The van der Waals surface area contributed by atoms with E-state index in [1.165, 1.54) is 0 Å². The summed E-state index contributed by atoms with van der Waals surface area (Å²) < 4.78 is 0. The van der Waals surface area contributed by atoms with E-state index in [1.54, 1.807) is 0 Å². The average molecular weight is 161 g/mol. The van der Waals surface area contributed by atoms with E-state index in [0.29, 0.717) is 6.42 Å². The van der Waals surface area contributed by atoms with Crippen molar-refractivity contribution in [3.63, 3.8) is 0 Å². The molecule has 1 aliphatic carbocycles. The van der Waals surface area contributed by atoms with Gasteiger partial charge in [-0.05, 0) is 18.1 Å². The summed E-state index contributed by atoms with van der Waals surface area (Å²) in [5, 5.41) is 0. The van der Waals surface area contributed by atoms with E-state index in [4.69, 9.17) is 5.73 Å². The number of carbonyl (C=O) groups is 1. The van der Waals surface area contributed by atoms with Gasteiger partial charge in [0, 0.05) is 18.0 Å². The van der Waals surface area contributed by atoms with Crippen LogP contribution in [0.1, 0.15) is 33.9 Å². The molecule has 0 unspecified atom stereocenters. The number of hydrogen-bond acceptors (Lipinski definition) is 2. The number of nitrogens with two attached hydrogens (primary N) is 1. The second-order valence-corrected chi connectivity index (χ2v) is 3.27. The molecule has 2 rings (SSSR count). The maximum atomic E-state index is 11.4. The van der Waals surface area contributed by atoms with Crippen molar-refractivity contribution in [3.8, 4) is 0 Å². The van der Waals surface area contributed by atoms with Gasteiger partial charge >= 0.3 is 0 Å². The molecule has 0 spiro atoms. The molecule has 1 atom stereocenters. The summed E-state index contributed by atoms with van der Waals surface area (Å²) in [6.07, 6.45) is 0.472. The molecule has 2 N–H and O–H groups in total. The Kier molecular flexibility index (Phi) is 1.51. The fourth-order valence-corrected chi connectivity index (χ4v) is 1.79. The van der Waals surface area contributed by atoms with Crippen molar-refractivity contribution < 1.29 is 4.79 Å². The second-order valence-electron chi connectivity index (χ2n) is 3.27. The predicted octanol–water partition coefficient (Wildman–Crippen LogP) is 1.58. The zero-order valence-electron chi connectivity index (χ0n) is 7.00. The Morgan fingerprint density at radius 2 is 2.25 bits per heavy atom. The molecule has 0 aromatic heterocycles.